The van der Waals surface area contributed by atoms with Crippen LogP contribution in [0.2, 0.25) is 0 Å². The van der Waals surface area contributed by atoms with Gasteiger partial charge in [0.25, 0.3) is 5.91 Å². The molecule has 8 nitrogen and oxygen atoms in total. The third-order valence-corrected chi connectivity index (χ3v) is 6.67. The van der Waals surface area contributed by atoms with Crippen LogP contribution in [0.15, 0.2) is 42.7 Å². The molecule has 0 saturated carbocycles. The number of fused-ring (bicyclic) bond motifs is 2. The zero-order valence-corrected chi connectivity index (χ0v) is 19.2. The number of amides is 2. The summed E-state index contributed by atoms with van der Waals surface area (Å²) in [6.45, 7) is 7.80. The van der Waals surface area contributed by atoms with E-state index in [9.17, 15) is 9.59 Å². The summed E-state index contributed by atoms with van der Waals surface area (Å²) in [5, 5.41) is 11.1. The zero-order chi connectivity index (χ0) is 23.2. The molecule has 0 aliphatic carbocycles. The maximum absolute atomic E-state index is 13.3. The highest BCUT2D eigenvalue weighted by Crippen LogP contribution is 2.33. The minimum Gasteiger partial charge on any atom is -0.336 e. The fourth-order valence-electron chi connectivity index (χ4n) is 4.71. The van der Waals surface area contributed by atoms with E-state index in [2.05, 4.69) is 32.0 Å². The van der Waals surface area contributed by atoms with Gasteiger partial charge in [-0.15, -0.1) is 0 Å². The fourth-order valence-corrected chi connectivity index (χ4v) is 4.71. The molecule has 0 bridgehead atoms. The van der Waals surface area contributed by atoms with Crippen molar-refractivity contribution in [2.75, 3.05) is 18.4 Å². The Balaban J connectivity index is 1.34. The number of aromatic nitrogens is 4. The molecule has 1 atom stereocenters. The lowest BCUT2D eigenvalue weighted by molar-refractivity contribution is -0.127. The molecule has 170 valence electrons. The van der Waals surface area contributed by atoms with E-state index in [0.717, 1.165) is 46.9 Å². The van der Waals surface area contributed by atoms with Gasteiger partial charge in [0.2, 0.25) is 5.91 Å². The largest absolute Gasteiger partial charge is 0.336 e. The molecule has 1 aliphatic rings. The van der Waals surface area contributed by atoms with Crippen LogP contribution in [-0.4, -0.2) is 49.6 Å². The molecular formula is C25H28N6O2. The van der Waals surface area contributed by atoms with Crippen LogP contribution in [0.25, 0.3) is 21.9 Å². The molecular weight excluding hydrogens is 416 g/mol. The van der Waals surface area contributed by atoms with E-state index in [1.807, 2.05) is 56.6 Å². The van der Waals surface area contributed by atoms with Crippen molar-refractivity contribution in [1.29, 1.82) is 0 Å². The number of hydrogen-bond acceptors (Lipinski definition) is 4. The van der Waals surface area contributed by atoms with E-state index >= 15 is 0 Å². The lowest BCUT2D eigenvalue weighted by Crippen LogP contribution is -2.50. The standard InChI is InChI=1S/C25H28N6O2/c1-4-30-15-26-20-13-17(7-9-21(20)30)27-24(33)25(3)10-5-11-31(14-25)23(32)22-18-12-16(2)6-8-19(18)28-29-22/h6-9,12-13,15H,4-5,10-11,14H2,1-3H3,(H,27,33)(H,28,29)/t25-/m1/s1. The molecule has 0 radical (unpaired) electrons. The number of benzene rings is 2. The number of likely N-dealkylation sites (tertiary alicyclic amines) is 1. The van der Waals surface area contributed by atoms with Crippen molar-refractivity contribution in [3.63, 3.8) is 0 Å². The first kappa shape index (κ1) is 21.2. The molecule has 3 heterocycles. The minimum absolute atomic E-state index is 0.0861. The van der Waals surface area contributed by atoms with Crippen molar-refractivity contribution in [1.82, 2.24) is 24.6 Å². The maximum Gasteiger partial charge on any atom is 0.275 e. The van der Waals surface area contributed by atoms with E-state index in [4.69, 9.17) is 0 Å². The predicted octanol–water partition coefficient (Wildman–Crippen LogP) is 4.12. The Kier molecular flexibility index (Phi) is 5.15. The molecule has 0 unspecified atom stereocenters. The first-order chi connectivity index (χ1) is 15.9. The summed E-state index contributed by atoms with van der Waals surface area (Å²) in [5.74, 6) is -0.228. The van der Waals surface area contributed by atoms with Crippen molar-refractivity contribution in [2.24, 2.45) is 5.41 Å². The number of nitrogens with one attached hydrogen (secondary N) is 2. The Hall–Kier alpha value is -3.68. The number of piperidine rings is 1. The average Bonchev–Trinajstić information content (AvgIpc) is 3.41. The number of anilines is 1. The molecule has 4 aromatic rings. The number of carbonyl (C=O) groups excluding carboxylic acids is 2. The van der Waals surface area contributed by atoms with Crippen LogP contribution in [0.3, 0.4) is 0 Å². The molecule has 2 aromatic carbocycles. The number of aromatic amines is 1. The van der Waals surface area contributed by atoms with Crippen LogP contribution in [0.4, 0.5) is 5.69 Å². The van der Waals surface area contributed by atoms with Crippen LogP contribution in [0.5, 0.6) is 0 Å². The van der Waals surface area contributed by atoms with Crippen molar-refractivity contribution in [2.45, 2.75) is 40.2 Å². The molecule has 5 rings (SSSR count). The van der Waals surface area contributed by atoms with Gasteiger partial charge in [-0.25, -0.2) is 4.98 Å². The smallest absolute Gasteiger partial charge is 0.275 e. The summed E-state index contributed by atoms with van der Waals surface area (Å²) in [4.78, 5) is 32.8. The number of H-pyrrole nitrogens is 1. The van der Waals surface area contributed by atoms with Crippen LogP contribution in [0.1, 0.15) is 42.7 Å². The first-order valence-corrected chi connectivity index (χ1v) is 11.4. The summed E-state index contributed by atoms with van der Waals surface area (Å²) in [6.07, 6.45) is 3.29. The van der Waals surface area contributed by atoms with E-state index in [-0.39, 0.29) is 11.8 Å². The third kappa shape index (κ3) is 3.75. The monoisotopic (exact) mass is 444 g/mol. The minimum atomic E-state index is -0.687. The normalized spacial score (nSPS) is 18.7. The SMILES string of the molecule is CCn1cnc2cc(NC(=O)[C@]3(C)CCCN(C(=O)c4n[nH]c5ccc(C)cc45)C3)ccc21. The van der Waals surface area contributed by atoms with Gasteiger partial charge < -0.3 is 14.8 Å². The Morgan fingerprint density at radius 3 is 2.88 bits per heavy atom. The summed E-state index contributed by atoms with van der Waals surface area (Å²) < 4.78 is 2.06. The van der Waals surface area contributed by atoms with Crippen molar-refractivity contribution >= 4 is 39.4 Å². The highest BCUT2D eigenvalue weighted by Gasteiger charge is 2.40. The summed E-state index contributed by atoms with van der Waals surface area (Å²) >= 11 is 0. The Morgan fingerprint density at radius 1 is 1.21 bits per heavy atom. The van der Waals surface area contributed by atoms with Gasteiger partial charge in [0.15, 0.2) is 5.69 Å². The average molecular weight is 445 g/mol. The Labute approximate surface area is 192 Å². The topological polar surface area (TPSA) is 95.9 Å². The van der Waals surface area contributed by atoms with Crippen LogP contribution in [-0.2, 0) is 11.3 Å². The quantitative estimate of drug-likeness (QED) is 0.495. The van der Waals surface area contributed by atoms with Crippen LogP contribution >= 0.6 is 0 Å². The number of aryl methyl sites for hydroxylation is 2. The first-order valence-electron chi connectivity index (χ1n) is 11.4. The number of hydrogen-bond donors (Lipinski definition) is 2. The summed E-state index contributed by atoms with van der Waals surface area (Å²) in [6, 6.07) is 11.7. The maximum atomic E-state index is 13.3. The van der Waals surface area contributed by atoms with E-state index in [0.29, 0.717) is 24.5 Å². The second-order valence-electron chi connectivity index (χ2n) is 9.20. The number of rotatable bonds is 4. The predicted molar refractivity (Wildman–Crippen MR) is 128 cm³/mol. The lowest BCUT2D eigenvalue weighted by Gasteiger charge is -2.39. The van der Waals surface area contributed by atoms with Gasteiger partial charge in [0, 0.05) is 30.7 Å². The molecule has 33 heavy (non-hydrogen) atoms. The number of nitrogens with zero attached hydrogens (tertiary/aromatic N) is 4. The van der Waals surface area contributed by atoms with Crippen LogP contribution in [0, 0.1) is 12.3 Å². The lowest BCUT2D eigenvalue weighted by atomic mass is 9.80. The summed E-state index contributed by atoms with van der Waals surface area (Å²) in [7, 11) is 0. The second kappa shape index (κ2) is 8.03. The molecule has 1 saturated heterocycles. The third-order valence-electron chi connectivity index (χ3n) is 6.67. The molecule has 8 heteroatoms. The van der Waals surface area contributed by atoms with Crippen molar-refractivity contribution < 1.29 is 9.59 Å². The van der Waals surface area contributed by atoms with Gasteiger partial charge in [-0.3, -0.25) is 14.7 Å². The van der Waals surface area contributed by atoms with Gasteiger partial charge in [-0.2, -0.15) is 5.10 Å². The fraction of sp³-hybridized carbons (Fsp3) is 0.360. The molecule has 2 aromatic heterocycles. The van der Waals surface area contributed by atoms with E-state index < -0.39 is 5.41 Å². The Morgan fingerprint density at radius 2 is 2.06 bits per heavy atom. The van der Waals surface area contributed by atoms with Gasteiger partial charge in [-0.05, 0) is 63.9 Å². The van der Waals surface area contributed by atoms with Crippen LogP contribution < -0.4 is 5.32 Å². The molecule has 1 fully saturated rings. The molecule has 1 aliphatic heterocycles. The highest BCUT2D eigenvalue weighted by atomic mass is 16.2. The number of carbonyl (C=O) groups is 2. The molecule has 2 N–H and O–H groups in total. The highest BCUT2D eigenvalue weighted by molar-refractivity contribution is 6.05. The van der Waals surface area contributed by atoms with E-state index in [1.54, 1.807) is 4.90 Å². The summed E-state index contributed by atoms with van der Waals surface area (Å²) in [5.41, 5.74) is 4.23. The number of imidazole rings is 1. The van der Waals surface area contributed by atoms with Gasteiger partial charge in [0.1, 0.15) is 0 Å². The second-order valence-corrected chi connectivity index (χ2v) is 9.20. The van der Waals surface area contributed by atoms with Crippen molar-refractivity contribution in [3.8, 4) is 0 Å². The zero-order valence-electron chi connectivity index (χ0n) is 19.2. The molecule has 0 spiro atoms. The van der Waals surface area contributed by atoms with E-state index in [1.165, 1.54) is 0 Å². The van der Waals surface area contributed by atoms with Crippen molar-refractivity contribution in [3.05, 3.63) is 54.0 Å². The Bertz CT molecular complexity index is 1370. The van der Waals surface area contributed by atoms with Gasteiger partial charge in [-0.1, -0.05) is 11.6 Å². The van der Waals surface area contributed by atoms with Gasteiger partial charge >= 0.3 is 0 Å². The molecule has 2 amide bonds. The van der Waals surface area contributed by atoms with Gasteiger partial charge in [0.05, 0.1) is 28.3 Å².